The van der Waals surface area contributed by atoms with Crippen LogP contribution in [0.2, 0.25) is 5.02 Å². The van der Waals surface area contributed by atoms with Crippen LogP contribution in [0, 0.1) is 6.92 Å². The quantitative estimate of drug-likeness (QED) is 0.751. The second-order valence-electron chi connectivity index (χ2n) is 5.73. The molecule has 8 heteroatoms. The van der Waals surface area contributed by atoms with E-state index in [9.17, 15) is 13.2 Å². The summed E-state index contributed by atoms with van der Waals surface area (Å²) >= 11 is 6.04. The summed E-state index contributed by atoms with van der Waals surface area (Å²) in [6.07, 6.45) is 0. The van der Waals surface area contributed by atoms with Crippen LogP contribution in [0.1, 0.15) is 19.4 Å². The molecule has 0 radical (unpaired) electrons. The summed E-state index contributed by atoms with van der Waals surface area (Å²) in [4.78, 5) is 12.2. The van der Waals surface area contributed by atoms with E-state index in [4.69, 9.17) is 16.3 Å². The molecule has 0 saturated carbocycles. The predicted molar refractivity (Wildman–Crippen MR) is 102 cm³/mol. The van der Waals surface area contributed by atoms with Crippen molar-refractivity contribution in [1.82, 2.24) is 4.72 Å². The first-order chi connectivity index (χ1) is 12.2. The number of ether oxygens (including phenoxy) is 1. The number of amides is 1. The number of sulfonamides is 1. The average Bonchev–Trinajstić information content (AvgIpc) is 2.56. The summed E-state index contributed by atoms with van der Waals surface area (Å²) in [5.74, 6) is -0.0606. The number of carbonyl (C=O) groups excluding carboxylic acids is 1. The Hall–Kier alpha value is -2.09. The van der Waals surface area contributed by atoms with Crippen LogP contribution in [0.15, 0.2) is 47.4 Å². The molecule has 0 unspecified atom stereocenters. The molecule has 0 heterocycles. The molecule has 140 valence electrons. The molecule has 1 atom stereocenters. The number of carbonyl (C=O) groups is 1. The maximum Gasteiger partial charge on any atom is 0.242 e. The largest absolute Gasteiger partial charge is 0.492 e. The molecule has 2 aromatic rings. The molecule has 0 fully saturated rings. The van der Waals surface area contributed by atoms with Gasteiger partial charge in [0.1, 0.15) is 5.75 Å². The van der Waals surface area contributed by atoms with Crippen LogP contribution >= 0.6 is 11.6 Å². The smallest absolute Gasteiger partial charge is 0.242 e. The second-order valence-corrected chi connectivity index (χ2v) is 7.85. The third-order valence-corrected chi connectivity index (χ3v) is 5.36. The molecule has 0 aliphatic heterocycles. The Kier molecular flexibility index (Phi) is 6.63. The topological polar surface area (TPSA) is 84.5 Å². The Balaban J connectivity index is 2.10. The van der Waals surface area contributed by atoms with Gasteiger partial charge in [-0.25, -0.2) is 8.42 Å². The lowest BCUT2D eigenvalue weighted by atomic mass is 10.2. The minimum Gasteiger partial charge on any atom is -0.492 e. The molecule has 0 bridgehead atoms. The molecular weight excluding hydrogens is 376 g/mol. The molecule has 1 amide bonds. The third kappa shape index (κ3) is 5.20. The Morgan fingerprint density at radius 3 is 2.58 bits per heavy atom. The van der Waals surface area contributed by atoms with E-state index in [1.165, 1.54) is 25.1 Å². The molecule has 26 heavy (non-hydrogen) atoms. The summed E-state index contributed by atoms with van der Waals surface area (Å²) in [6, 6.07) is 10.4. The Morgan fingerprint density at radius 2 is 1.96 bits per heavy atom. The van der Waals surface area contributed by atoms with Gasteiger partial charge in [0.05, 0.1) is 22.6 Å². The van der Waals surface area contributed by atoms with Crippen LogP contribution < -0.4 is 14.8 Å². The van der Waals surface area contributed by atoms with Crippen LogP contribution in [-0.2, 0) is 14.8 Å². The van der Waals surface area contributed by atoms with Crippen LogP contribution in [0.25, 0.3) is 0 Å². The zero-order valence-electron chi connectivity index (χ0n) is 14.7. The van der Waals surface area contributed by atoms with Gasteiger partial charge in [-0.2, -0.15) is 4.72 Å². The number of hydrogen-bond acceptors (Lipinski definition) is 4. The Bertz CT molecular complexity index is 900. The van der Waals surface area contributed by atoms with Gasteiger partial charge in [0.25, 0.3) is 0 Å². The molecule has 2 rings (SSSR count). The van der Waals surface area contributed by atoms with Gasteiger partial charge < -0.3 is 10.1 Å². The van der Waals surface area contributed by atoms with E-state index in [0.717, 1.165) is 5.56 Å². The first-order valence-electron chi connectivity index (χ1n) is 8.05. The number of aryl methyl sites for hydroxylation is 1. The fraction of sp³-hybridized carbons (Fsp3) is 0.278. The van der Waals surface area contributed by atoms with Gasteiger partial charge in [-0.15, -0.1) is 0 Å². The number of anilines is 1. The van der Waals surface area contributed by atoms with E-state index < -0.39 is 22.0 Å². The highest BCUT2D eigenvalue weighted by molar-refractivity contribution is 7.89. The van der Waals surface area contributed by atoms with E-state index in [2.05, 4.69) is 10.0 Å². The van der Waals surface area contributed by atoms with Crippen molar-refractivity contribution >= 4 is 33.2 Å². The predicted octanol–water partition coefficient (Wildman–Crippen LogP) is 3.35. The second kappa shape index (κ2) is 8.53. The van der Waals surface area contributed by atoms with Gasteiger partial charge >= 0.3 is 0 Å². The zero-order chi connectivity index (χ0) is 19.3. The number of rotatable bonds is 7. The molecule has 0 aliphatic carbocycles. The normalized spacial score (nSPS) is 12.5. The minimum atomic E-state index is -3.91. The van der Waals surface area contributed by atoms with E-state index in [1.54, 1.807) is 19.1 Å². The van der Waals surface area contributed by atoms with Gasteiger partial charge in [-0.3, -0.25) is 4.79 Å². The first kappa shape index (κ1) is 20.2. The van der Waals surface area contributed by atoms with Gasteiger partial charge in [0, 0.05) is 5.69 Å². The monoisotopic (exact) mass is 396 g/mol. The van der Waals surface area contributed by atoms with Crippen molar-refractivity contribution in [3.63, 3.8) is 0 Å². The fourth-order valence-corrected chi connectivity index (χ4v) is 3.78. The lowest BCUT2D eigenvalue weighted by molar-refractivity contribution is -0.117. The molecule has 0 spiro atoms. The van der Waals surface area contributed by atoms with E-state index >= 15 is 0 Å². The standard InChI is InChI=1S/C18H21ClN2O4S/c1-4-25-17-9-8-15(11-16(17)19)26(23,24)21-13(3)18(22)20-14-7-5-6-12(2)10-14/h5-11,13,21H,4H2,1-3H3,(H,20,22)/t13-/m1/s1. The van der Waals surface area contributed by atoms with Crippen LogP contribution in [0.4, 0.5) is 5.69 Å². The summed E-state index contributed by atoms with van der Waals surface area (Å²) in [7, 11) is -3.91. The molecule has 2 N–H and O–H groups in total. The minimum absolute atomic E-state index is 0.0406. The first-order valence-corrected chi connectivity index (χ1v) is 9.91. The van der Waals surface area contributed by atoms with Gasteiger partial charge in [-0.05, 0) is 56.7 Å². The SMILES string of the molecule is CCOc1ccc(S(=O)(=O)N[C@H](C)C(=O)Nc2cccc(C)c2)cc1Cl. The Labute approximate surface area is 158 Å². The van der Waals surface area contributed by atoms with Crippen LogP contribution in [0.5, 0.6) is 5.75 Å². The summed E-state index contributed by atoms with van der Waals surface area (Å²) < 4.78 is 32.6. The van der Waals surface area contributed by atoms with Crippen molar-refractivity contribution in [2.75, 3.05) is 11.9 Å². The lowest BCUT2D eigenvalue weighted by Gasteiger charge is -2.15. The van der Waals surface area contributed by atoms with Gasteiger partial charge in [0.15, 0.2) is 0 Å². The number of hydrogen-bond donors (Lipinski definition) is 2. The van der Waals surface area contributed by atoms with Crippen LogP contribution in [-0.4, -0.2) is 27.0 Å². The molecule has 2 aromatic carbocycles. The number of halogens is 1. The van der Waals surface area contributed by atoms with Crippen molar-refractivity contribution in [1.29, 1.82) is 0 Å². The van der Waals surface area contributed by atoms with Crippen molar-refractivity contribution < 1.29 is 17.9 Å². The average molecular weight is 397 g/mol. The van der Waals surface area contributed by atoms with Gasteiger partial charge in [0.2, 0.25) is 15.9 Å². The highest BCUT2D eigenvalue weighted by atomic mass is 35.5. The zero-order valence-corrected chi connectivity index (χ0v) is 16.3. The van der Waals surface area contributed by atoms with Gasteiger partial charge in [-0.1, -0.05) is 23.7 Å². The number of benzene rings is 2. The number of nitrogens with one attached hydrogen (secondary N) is 2. The highest BCUT2D eigenvalue weighted by Crippen LogP contribution is 2.27. The van der Waals surface area contributed by atoms with Crippen molar-refractivity contribution in [2.24, 2.45) is 0 Å². The highest BCUT2D eigenvalue weighted by Gasteiger charge is 2.23. The summed E-state index contributed by atoms with van der Waals surface area (Å²) in [5, 5.41) is 2.87. The van der Waals surface area contributed by atoms with Crippen LogP contribution in [0.3, 0.4) is 0 Å². The van der Waals surface area contributed by atoms with Crippen molar-refractivity contribution in [3.8, 4) is 5.75 Å². The Morgan fingerprint density at radius 1 is 1.23 bits per heavy atom. The van der Waals surface area contributed by atoms with Crippen molar-refractivity contribution in [3.05, 3.63) is 53.1 Å². The van der Waals surface area contributed by atoms with Crippen molar-refractivity contribution in [2.45, 2.75) is 31.7 Å². The maximum atomic E-state index is 12.5. The van der Waals surface area contributed by atoms with E-state index in [-0.39, 0.29) is 9.92 Å². The van der Waals surface area contributed by atoms with E-state index in [1.807, 2.05) is 19.1 Å². The molecular formula is C18H21ClN2O4S. The summed E-state index contributed by atoms with van der Waals surface area (Å²) in [5.41, 5.74) is 1.59. The molecule has 0 aromatic heterocycles. The maximum absolute atomic E-state index is 12.5. The molecule has 0 aliphatic rings. The molecule has 6 nitrogen and oxygen atoms in total. The fourth-order valence-electron chi connectivity index (χ4n) is 2.25. The summed E-state index contributed by atoms with van der Waals surface area (Å²) in [6.45, 7) is 5.59. The van der Waals surface area contributed by atoms with E-state index in [0.29, 0.717) is 18.0 Å². The lowest BCUT2D eigenvalue weighted by Crippen LogP contribution is -2.41. The molecule has 0 saturated heterocycles. The third-order valence-electron chi connectivity index (χ3n) is 3.52.